The molecule has 2 aromatic rings. The van der Waals surface area contributed by atoms with Gasteiger partial charge in [-0.05, 0) is 54.2 Å². The molecule has 0 aromatic heterocycles. The molecule has 0 heterocycles. The first-order valence-corrected chi connectivity index (χ1v) is 11.6. The maximum atomic E-state index is 13.6. The van der Waals surface area contributed by atoms with Crippen LogP contribution in [0.3, 0.4) is 0 Å². The summed E-state index contributed by atoms with van der Waals surface area (Å²) in [6, 6.07) is 7.78. The highest BCUT2D eigenvalue weighted by Gasteiger charge is 2.60. The van der Waals surface area contributed by atoms with Gasteiger partial charge < -0.3 is 36.0 Å². The fourth-order valence-corrected chi connectivity index (χ4v) is 5.96. The quantitative estimate of drug-likeness (QED) is 0.263. The number of methoxy groups -OCH3 is 1. The van der Waals surface area contributed by atoms with Crippen molar-refractivity contribution in [2.45, 2.75) is 31.1 Å². The van der Waals surface area contributed by atoms with Crippen molar-refractivity contribution in [2.75, 3.05) is 7.11 Å². The number of nitrogens with two attached hydrogens (primary N) is 1. The number of aldehydes is 1. The van der Waals surface area contributed by atoms with Crippen molar-refractivity contribution in [3.63, 3.8) is 0 Å². The summed E-state index contributed by atoms with van der Waals surface area (Å²) in [7, 11) is 1.47. The van der Waals surface area contributed by atoms with E-state index in [1.165, 1.54) is 13.2 Å². The maximum Gasteiger partial charge on any atom is 0.202 e. The second kappa shape index (κ2) is 8.55. The minimum atomic E-state index is -2.56. The largest absolute Gasteiger partial charge is 0.508 e. The van der Waals surface area contributed by atoms with Crippen LogP contribution in [0.5, 0.6) is 11.5 Å². The third-order valence-electron chi connectivity index (χ3n) is 7.69. The summed E-state index contributed by atoms with van der Waals surface area (Å²) in [5, 5.41) is 53.8. The van der Waals surface area contributed by atoms with Crippen LogP contribution in [0.15, 0.2) is 47.2 Å². The van der Waals surface area contributed by atoms with Gasteiger partial charge in [0.1, 0.15) is 35.5 Å². The average Bonchev–Trinajstić information content (AvgIpc) is 2.85. The van der Waals surface area contributed by atoms with Gasteiger partial charge in [-0.3, -0.25) is 14.4 Å². The Hall–Kier alpha value is -3.99. The SMILES string of the molecule is COc1ccc(C=O)cc1-c1ccc(O)c2c1C[C@H]1C[C@H]3CC(=O)C(C(N)O)=C(O)[C@@]3(O)C(=O)C1=C2O. The van der Waals surface area contributed by atoms with E-state index < -0.39 is 52.3 Å². The molecule has 0 aliphatic heterocycles. The molecule has 0 spiro atoms. The first-order chi connectivity index (χ1) is 17.5. The zero-order valence-electron chi connectivity index (χ0n) is 19.8. The zero-order valence-corrected chi connectivity index (χ0v) is 19.8. The Morgan fingerprint density at radius 3 is 2.49 bits per heavy atom. The molecule has 192 valence electrons. The monoisotopic (exact) mass is 507 g/mol. The van der Waals surface area contributed by atoms with E-state index in [0.717, 1.165) is 0 Å². The Morgan fingerprint density at radius 1 is 1.11 bits per heavy atom. The number of ketones is 2. The summed E-state index contributed by atoms with van der Waals surface area (Å²) in [6.45, 7) is 0. The molecule has 0 amide bonds. The van der Waals surface area contributed by atoms with Gasteiger partial charge in [-0.25, -0.2) is 0 Å². The number of benzene rings is 2. The van der Waals surface area contributed by atoms with Crippen LogP contribution in [0.25, 0.3) is 16.9 Å². The van der Waals surface area contributed by atoms with Gasteiger partial charge in [-0.2, -0.15) is 0 Å². The van der Waals surface area contributed by atoms with Crippen LogP contribution in [0.4, 0.5) is 0 Å². The number of carbonyl (C=O) groups is 3. The van der Waals surface area contributed by atoms with Crippen molar-refractivity contribution in [1.82, 2.24) is 0 Å². The molecule has 1 fully saturated rings. The second-order valence-electron chi connectivity index (χ2n) is 9.59. The van der Waals surface area contributed by atoms with E-state index in [2.05, 4.69) is 0 Å². The first-order valence-electron chi connectivity index (χ1n) is 11.6. The number of fused-ring (bicyclic) bond motifs is 3. The van der Waals surface area contributed by atoms with Crippen LogP contribution < -0.4 is 10.5 Å². The molecule has 5 rings (SSSR count). The van der Waals surface area contributed by atoms with E-state index in [9.17, 15) is 39.9 Å². The highest BCUT2D eigenvalue weighted by Crippen LogP contribution is 2.53. The average molecular weight is 507 g/mol. The molecule has 1 unspecified atom stereocenters. The van der Waals surface area contributed by atoms with Crippen molar-refractivity contribution in [3.8, 4) is 22.6 Å². The number of aromatic hydroxyl groups is 1. The Bertz CT molecular complexity index is 1440. The van der Waals surface area contributed by atoms with Gasteiger partial charge in [0, 0.05) is 29.0 Å². The summed E-state index contributed by atoms with van der Waals surface area (Å²) in [4.78, 5) is 37.6. The minimum Gasteiger partial charge on any atom is -0.508 e. The minimum absolute atomic E-state index is 0.0212. The number of carbonyl (C=O) groups excluding carboxylic acids is 3. The normalized spacial score (nSPS) is 25.8. The van der Waals surface area contributed by atoms with Crippen molar-refractivity contribution in [1.29, 1.82) is 0 Å². The fraction of sp³-hybridized carbons (Fsp3) is 0.296. The predicted octanol–water partition coefficient (Wildman–Crippen LogP) is 1.70. The van der Waals surface area contributed by atoms with E-state index >= 15 is 0 Å². The van der Waals surface area contributed by atoms with Crippen LogP contribution in [0.1, 0.15) is 34.3 Å². The lowest BCUT2D eigenvalue weighted by Gasteiger charge is -2.46. The van der Waals surface area contributed by atoms with Gasteiger partial charge in [-0.1, -0.05) is 6.07 Å². The van der Waals surface area contributed by atoms with Crippen molar-refractivity contribution < 1.29 is 44.7 Å². The smallest absolute Gasteiger partial charge is 0.202 e. The molecule has 1 saturated carbocycles. The molecule has 7 N–H and O–H groups in total. The lowest BCUT2D eigenvalue weighted by atomic mass is 9.59. The lowest BCUT2D eigenvalue weighted by Crippen LogP contribution is -2.58. The van der Waals surface area contributed by atoms with E-state index in [-0.39, 0.29) is 36.1 Å². The first kappa shape index (κ1) is 24.7. The Balaban J connectivity index is 1.72. The van der Waals surface area contributed by atoms with Gasteiger partial charge in [-0.15, -0.1) is 0 Å². The van der Waals surface area contributed by atoms with Crippen LogP contribution in [-0.4, -0.2) is 62.3 Å². The number of Topliss-reactive ketones (excluding diaryl/α,β-unsaturated/α-hetero) is 2. The number of phenolic OH excluding ortho intramolecular Hbond substituents is 1. The van der Waals surface area contributed by atoms with Gasteiger partial charge in [0.15, 0.2) is 11.4 Å². The van der Waals surface area contributed by atoms with Crippen molar-refractivity contribution in [2.24, 2.45) is 17.6 Å². The maximum absolute atomic E-state index is 13.6. The topological polar surface area (TPSA) is 188 Å². The molecule has 10 nitrogen and oxygen atoms in total. The highest BCUT2D eigenvalue weighted by molar-refractivity contribution is 6.13. The molecule has 10 heteroatoms. The fourth-order valence-electron chi connectivity index (χ4n) is 5.96. The summed E-state index contributed by atoms with van der Waals surface area (Å²) >= 11 is 0. The van der Waals surface area contributed by atoms with Crippen molar-refractivity contribution >= 4 is 23.6 Å². The van der Waals surface area contributed by atoms with Gasteiger partial charge >= 0.3 is 0 Å². The Morgan fingerprint density at radius 2 is 1.84 bits per heavy atom. The molecule has 0 bridgehead atoms. The number of rotatable bonds is 4. The number of ether oxygens (including phenoxy) is 1. The van der Waals surface area contributed by atoms with Crippen LogP contribution in [0.2, 0.25) is 0 Å². The Kier molecular flexibility index (Phi) is 5.70. The summed E-state index contributed by atoms with van der Waals surface area (Å²) in [6.07, 6.45) is -1.36. The van der Waals surface area contributed by atoms with E-state index in [0.29, 0.717) is 34.3 Å². The van der Waals surface area contributed by atoms with Crippen LogP contribution in [0, 0.1) is 11.8 Å². The summed E-state index contributed by atoms with van der Waals surface area (Å²) < 4.78 is 5.47. The molecule has 3 aliphatic carbocycles. The van der Waals surface area contributed by atoms with E-state index in [4.69, 9.17) is 10.5 Å². The van der Waals surface area contributed by atoms with Gasteiger partial charge in [0.25, 0.3) is 0 Å². The van der Waals surface area contributed by atoms with Crippen molar-refractivity contribution in [3.05, 3.63) is 63.9 Å². The van der Waals surface area contributed by atoms with Crippen LogP contribution in [-0.2, 0) is 16.0 Å². The van der Waals surface area contributed by atoms with Crippen LogP contribution >= 0.6 is 0 Å². The zero-order chi connectivity index (χ0) is 26.8. The number of hydrogen-bond donors (Lipinski definition) is 6. The highest BCUT2D eigenvalue weighted by atomic mass is 16.5. The molecule has 3 aliphatic rings. The van der Waals surface area contributed by atoms with Gasteiger partial charge in [0.2, 0.25) is 5.78 Å². The molecule has 2 aromatic carbocycles. The molecular formula is C27H25NO9. The summed E-state index contributed by atoms with van der Waals surface area (Å²) in [5.74, 6) is -4.84. The molecule has 4 atom stereocenters. The predicted molar refractivity (Wildman–Crippen MR) is 130 cm³/mol. The Labute approximate surface area is 210 Å². The number of phenols is 1. The molecule has 0 saturated heterocycles. The number of aliphatic hydroxyl groups is 4. The molecule has 37 heavy (non-hydrogen) atoms. The van der Waals surface area contributed by atoms with E-state index in [1.54, 1.807) is 24.3 Å². The second-order valence-corrected chi connectivity index (χ2v) is 9.59. The molecular weight excluding hydrogens is 482 g/mol. The lowest BCUT2D eigenvalue weighted by molar-refractivity contribution is -0.147. The summed E-state index contributed by atoms with van der Waals surface area (Å²) in [5.41, 5.74) is 3.95. The van der Waals surface area contributed by atoms with E-state index in [1.807, 2.05) is 0 Å². The van der Waals surface area contributed by atoms with Gasteiger partial charge in [0.05, 0.1) is 18.2 Å². The molecule has 0 radical (unpaired) electrons. The number of aliphatic hydroxyl groups excluding tert-OH is 3. The third kappa shape index (κ3) is 3.41. The third-order valence-corrected chi connectivity index (χ3v) is 7.69. The number of hydrogen-bond acceptors (Lipinski definition) is 10. The standard InChI is InChI=1S/C27H25NO9/c1-37-19-5-2-11(10-29)6-15(19)14-3-4-17(30)21-16(14)8-12-7-13-9-18(31)22(26(28)35)25(34)27(13,36)24(33)20(12)23(21)32/h2-6,10,12-13,26,30,32,34-36H,7-9,28H2,1H3/t12-,13+,26?,27+/m1/s1.